The number of rotatable bonds is 3. The van der Waals surface area contributed by atoms with Crippen molar-refractivity contribution in [2.45, 2.75) is 31.6 Å². The van der Waals surface area contributed by atoms with Crippen LogP contribution >= 0.6 is 0 Å². The van der Waals surface area contributed by atoms with E-state index in [0.29, 0.717) is 6.04 Å². The molecule has 0 aliphatic carbocycles. The Morgan fingerprint density at radius 1 is 1.30 bits per heavy atom. The molecule has 0 radical (unpaired) electrons. The molecular weight excluding hydrogens is 311 g/mol. The topological polar surface area (TPSA) is 85.2 Å². The lowest BCUT2D eigenvalue weighted by Gasteiger charge is -2.23. The van der Waals surface area contributed by atoms with Crippen LogP contribution in [-0.2, 0) is 11.3 Å². The van der Waals surface area contributed by atoms with Crippen molar-refractivity contribution in [3.63, 3.8) is 0 Å². The summed E-state index contributed by atoms with van der Waals surface area (Å²) in [6.07, 6.45) is -2.67. The molecule has 1 heterocycles. The van der Waals surface area contributed by atoms with Gasteiger partial charge in [0.25, 0.3) is 0 Å². The van der Waals surface area contributed by atoms with E-state index in [4.69, 9.17) is 15.2 Å². The van der Waals surface area contributed by atoms with Crippen molar-refractivity contribution in [3.8, 4) is 6.07 Å². The van der Waals surface area contributed by atoms with E-state index in [-0.39, 0.29) is 0 Å². The van der Waals surface area contributed by atoms with Gasteiger partial charge in [-0.2, -0.15) is 18.4 Å². The Hall–Kier alpha value is -2.11. The lowest BCUT2D eigenvalue weighted by Crippen LogP contribution is -2.39. The fraction of sp³-hybridized carbons (Fsp3) is 0.467. The number of nitriles is 1. The quantitative estimate of drug-likeness (QED) is 0.790. The molecule has 0 saturated carbocycles. The number of piperidine rings is 1. The molecule has 2 rings (SSSR count). The van der Waals surface area contributed by atoms with Crippen molar-refractivity contribution in [2.24, 2.45) is 0 Å². The molecule has 1 aromatic carbocycles. The van der Waals surface area contributed by atoms with Gasteiger partial charge in [0.15, 0.2) is 0 Å². The summed E-state index contributed by atoms with van der Waals surface area (Å²) >= 11 is 0. The molecule has 8 heteroatoms. The van der Waals surface area contributed by atoms with Gasteiger partial charge in [-0.1, -0.05) is 12.1 Å². The van der Waals surface area contributed by atoms with Crippen LogP contribution in [-0.4, -0.2) is 36.4 Å². The highest BCUT2D eigenvalue weighted by Gasteiger charge is 2.38. The Bertz CT molecular complexity index is 532. The molecule has 0 bridgehead atoms. The maximum absolute atomic E-state index is 10.6. The first kappa shape index (κ1) is 18.9. The second kappa shape index (κ2) is 9.12. The number of carbonyl (C=O) groups is 1. The molecule has 0 aromatic heterocycles. The Kier molecular flexibility index (Phi) is 7.51. The van der Waals surface area contributed by atoms with Crippen LogP contribution in [0.2, 0.25) is 0 Å². The van der Waals surface area contributed by atoms with E-state index in [1.807, 2.05) is 24.3 Å². The Balaban J connectivity index is 0.000000322. The van der Waals surface area contributed by atoms with Gasteiger partial charge in [0.1, 0.15) is 0 Å². The number of hydrogen-bond donors (Lipinski definition) is 3. The lowest BCUT2D eigenvalue weighted by molar-refractivity contribution is -0.192. The molecule has 0 spiro atoms. The third-order valence-electron chi connectivity index (χ3n) is 3.26. The van der Waals surface area contributed by atoms with Crippen molar-refractivity contribution >= 4 is 5.97 Å². The molecule has 1 aromatic rings. The van der Waals surface area contributed by atoms with Crippen LogP contribution in [0.15, 0.2) is 24.3 Å². The van der Waals surface area contributed by atoms with E-state index in [1.54, 1.807) is 0 Å². The number of nitrogens with one attached hydrogen (secondary N) is 2. The maximum atomic E-state index is 10.6. The van der Waals surface area contributed by atoms with Crippen LogP contribution in [0.3, 0.4) is 0 Å². The first-order valence-corrected chi connectivity index (χ1v) is 7.06. The first-order valence-electron chi connectivity index (χ1n) is 7.06. The molecule has 1 saturated heterocycles. The second-order valence-corrected chi connectivity index (χ2v) is 5.02. The number of alkyl halides is 3. The van der Waals surface area contributed by atoms with Crippen molar-refractivity contribution in [1.29, 1.82) is 5.26 Å². The monoisotopic (exact) mass is 329 g/mol. The summed E-state index contributed by atoms with van der Waals surface area (Å²) in [5.74, 6) is -2.76. The molecule has 3 N–H and O–H groups in total. The zero-order valence-corrected chi connectivity index (χ0v) is 12.4. The van der Waals surface area contributed by atoms with Crippen LogP contribution in [0.25, 0.3) is 0 Å². The van der Waals surface area contributed by atoms with Crippen LogP contribution in [0.4, 0.5) is 13.2 Å². The molecule has 0 amide bonds. The normalized spacial score (nSPS) is 15.2. The molecule has 1 fully saturated rings. The van der Waals surface area contributed by atoms with E-state index in [2.05, 4.69) is 16.7 Å². The van der Waals surface area contributed by atoms with Crippen molar-refractivity contribution in [3.05, 3.63) is 35.4 Å². The maximum Gasteiger partial charge on any atom is 0.490 e. The van der Waals surface area contributed by atoms with E-state index in [1.165, 1.54) is 18.4 Å². The lowest BCUT2D eigenvalue weighted by atomic mass is 10.1. The number of carboxylic acid groups (broad SMARTS) is 1. The summed E-state index contributed by atoms with van der Waals surface area (Å²) in [6.45, 7) is 3.13. The standard InChI is InChI=1S/C13H17N3.C2HF3O2/c14-9-11-1-3-12(4-2-11)10-16-13-5-7-15-8-6-13;3-2(4,5)1(6)7/h1-4,13,15-16H,5-8,10H2;(H,6,7). The average molecular weight is 329 g/mol. The number of carboxylic acids is 1. The van der Waals surface area contributed by atoms with Gasteiger partial charge in [0.2, 0.25) is 0 Å². The molecule has 5 nitrogen and oxygen atoms in total. The predicted molar refractivity (Wildman–Crippen MR) is 77.6 cm³/mol. The Morgan fingerprint density at radius 2 is 1.83 bits per heavy atom. The molecule has 0 unspecified atom stereocenters. The minimum absolute atomic E-state index is 0.636. The fourth-order valence-electron chi connectivity index (χ4n) is 1.99. The number of benzene rings is 1. The van der Waals surface area contributed by atoms with Gasteiger partial charge in [0, 0.05) is 12.6 Å². The van der Waals surface area contributed by atoms with E-state index in [9.17, 15) is 13.2 Å². The molecule has 1 aliphatic rings. The highest BCUT2D eigenvalue weighted by Crippen LogP contribution is 2.13. The van der Waals surface area contributed by atoms with Crippen LogP contribution < -0.4 is 10.6 Å². The number of hydrogen-bond acceptors (Lipinski definition) is 4. The van der Waals surface area contributed by atoms with E-state index >= 15 is 0 Å². The van der Waals surface area contributed by atoms with Gasteiger partial charge in [-0.05, 0) is 43.6 Å². The molecular formula is C15H18F3N3O2. The van der Waals surface area contributed by atoms with Crippen LogP contribution in [0.5, 0.6) is 0 Å². The molecule has 0 atom stereocenters. The number of aliphatic carboxylic acids is 1. The zero-order chi connectivity index (χ0) is 17.3. The zero-order valence-electron chi connectivity index (χ0n) is 12.4. The van der Waals surface area contributed by atoms with E-state index in [0.717, 1.165) is 25.2 Å². The van der Waals surface area contributed by atoms with Crippen molar-refractivity contribution in [1.82, 2.24) is 10.6 Å². The summed E-state index contributed by atoms with van der Waals surface area (Å²) < 4.78 is 31.7. The second-order valence-electron chi connectivity index (χ2n) is 5.02. The van der Waals surface area contributed by atoms with Gasteiger partial charge < -0.3 is 15.7 Å². The minimum Gasteiger partial charge on any atom is -0.475 e. The minimum atomic E-state index is -5.08. The summed E-state index contributed by atoms with van der Waals surface area (Å²) in [4.78, 5) is 8.90. The highest BCUT2D eigenvalue weighted by molar-refractivity contribution is 5.73. The summed E-state index contributed by atoms with van der Waals surface area (Å²) in [6, 6.07) is 10.6. The number of halogens is 3. The summed E-state index contributed by atoms with van der Waals surface area (Å²) in [7, 11) is 0. The predicted octanol–water partition coefficient (Wildman–Crippen LogP) is 2.03. The third kappa shape index (κ3) is 7.63. The van der Waals surface area contributed by atoms with Crippen LogP contribution in [0.1, 0.15) is 24.0 Å². The summed E-state index contributed by atoms with van der Waals surface area (Å²) in [5, 5.41) is 22.7. The van der Waals surface area contributed by atoms with Gasteiger partial charge in [-0.15, -0.1) is 0 Å². The SMILES string of the molecule is N#Cc1ccc(CNC2CCNCC2)cc1.O=C(O)C(F)(F)F. The number of nitrogens with zero attached hydrogens (tertiary/aromatic N) is 1. The van der Waals surface area contributed by atoms with Gasteiger partial charge in [0.05, 0.1) is 11.6 Å². The molecule has 126 valence electrons. The smallest absolute Gasteiger partial charge is 0.475 e. The van der Waals surface area contributed by atoms with Crippen LogP contribution in [0, 0.1) is 11.3 Å². The molecule has 23 heavy (non-hydrogen) atoms. The Labute approximate surface area is 132 Å². The van der Waals surface area contributed by atoms with Gasteiger partial charge >= 0.3 is 12.1 Å². The largest absolute Gasteiger partial charge is 0.490 e. The van der Waals surface area contributed by atoms with Crippen molar-refractivity contribution in [2.75, 3.05) is 13.1 Å². The Morgan fingerprint density at radius 3 is 2.26 bits per heavy atom. The fourth-order valence-corrected chi connectivity index (χ4v) is 1.99. The van der Waals surface area contributed by atoms with Gasteiger partial charge in [-0.25, -0.2) is 4.79 Å². The van der Waals surface area contributed by atoms with E-state index < -0.39 is 12.1 Å². The molecule has 1 aliphatic heterocycles. The third-order valence-corrected chi connectivity index (χ3v) is 3.26. The van der Waals surface area contributed by atoms with Gasteiger partial charge in [-0.3, -0.25) is 0 Å². The average Bonchev–Trinajstić information content (AvgIpc) is 2.54. The highest BCUT2D eigenvalue weighted by atomic mass is 19.4. The van der Waals surface area contributed by atoms with Crippen molar-refractivity contribution < 1.29 is 23.1 Å². The first-order chi connectivity index (χ1) is 10.8. The summed E-state index contributed by atoms with van der Waals surface area (Å²) in [5.41, 5.74) is 1.98.